The van der Waals surface area contributed by atoms with E-state index in [9.17, 15) is 4.79 Å². The normalized spacial score (nSPS) is 11.1. The summed E-state index contributed by atoms with van der Waals surface area (Å²) >= 11 is 13.5. The van der Waals surface area contributed by atoms with Gasteiger partial charge in [-0.1, -0.05) is 53.0 Å². The predicted molar refractivity (Wildman–Crippen MR) is 112 cm³/mol. The lowest BCUT2D eigenvalue weighted by Gasteiger charge is -2.07. The zero-order valence-electron chi connectivity index (χ0n) is 14.4. The molecule has 2 aromatic heterocycles. The van der Waals surface area contributed by atoms with E-state index >= 15 is 0 Å². The number of aryl methyl sites for hydroxylation is 1. The van der Waals surface area contributed by atoms with E-state index in [-0.39, 0.29) is 12.3 Å². The first kappa shape index (κ1) is 18.0. The first-order chi connectivity index (χ1) is 13.0. The fraction of sp³-hybridized carbons (Fsp3) is 0.100. The van der Waals surface area contributed by atoms with Gasteiger partial charge in [0.05, 0.1) is 22.8 Å². The molecule has 2 aromatic carbocycles. The van der Waals surface area contributed by atoms with Crippen LogP contribution in [0.4, 0.5) is 5.69 Å². The monoisotopic (exact) mass is 415 g/mol. The first-order valence-electron chi connectivity index (χ1n) is 8.27. The molecule has 0 fully saturated rings. The number of nitrogens with one attached hydrogen (secondary N) is 1. The summed E-state index contributed by atoms with van der Waals surface area (Å²) in [7, 11) is 0. The minimum absolute atomic E-state index is 0.149. The summed E-state index contributed by atoms with van der Waals surface area (Å²) in [5, 5.41) is 5.72. The van der Waals surface area contributed by atoms with Crippen molar-refractivity contribution in [3.05, 3.63) is 75.3 Å². The van der Waals surface area contributed by atoms with Gasteiger partial charge < -0.3 is 5.32 Å². The average Bonchev–Trinajstić information content (AvgIpc) is 3.20. The molecular formula is C20H15Cl2N3OS. The van der Waals surface area contributed by atoms with Gasteiger partial charge in [0, 0.05) is 27.9 Å². The van der Waals surface area contributed by atoms with Gasteiger partial charge in [-0.05, 0) is 25.1 Å². The van der Waals surface area contributed by atoms with Crippen molar-refractivity contribution in [2.75, 3.05) is 5.32 Å². The van der Waals surface area contributed by atoms with E-state index in [1.807, 2.05) is 16.0 Å². The van der Waals surface area contributed by atoms with Crippen LogP contribution < -0.4 is 5.32 Å². The SMILES string of the molecule is Cc1ccc(-c2cn3c(CC(=O)Nc4ccc(Cl)cc4Cl)csc3n2)cc1. The highest BCUT2D eigenvalue weighted by Crippen LogP contribution is 2.27. The number of amides is 1. The number of anilines is 1. The lowest BCUT2D eigenvalue weighted by atomic mass is 10.1. The minimum Gasteiger partial charge on any atom is -0.324 e. The van der Waals surface area contributed by atoms with E-state index in [1.54, 1.807) is 18.2 Å². The number of imidazole rings is 1. The van der Waals surface area contributed by atoms with E-state index < -0.39 is 0 Å². The van der Waals surface area contributed by atoms with Gasteiger partial charge in [0.15, 0.2) is 4.96 Å². The summed E-state index contributed by atoms with van der Waals surface area (Å²) in [5.41, 5.74) is 4.58. The fourth-order valence-corrected chi connectivity index (χ4v) is 4.10. The molecule has 0 saturated carbocycles. The van der Waals surface area contributed by atoms with E-state index in [2.05, 4.69) is 41.5 Å². The average molecular weight is 416 g/mol. The maximum atomic E-state index is 12.4. The van der Waals surface area contributed by atoms with Gasteiger partial charge in [-0.15, -0.1) is 11.3 Å². The number of thiazole rings is 1. The van der Waals surface area contributed by atoms with Crippen LogP contribution in [0.15, 0.2) is 54.0 Å². The summed E-state index contributed by atoms with van der Waals surface area (Å²) in [6, 6.07) is 13.2. The topological polar surface area (TPSA) is 46.4 Å². The highest BCUT2D eigenvalue weighted by Gasteiger charge is 2.13. The molecule has 0 unspecified atom stereocenters. The van der Waals surface area contributed by atoms with Crippen LogP contribution in [0.2, 0.25) is 10.0 Å². The summed E-state index contributed by atoms with van der Waals surface area (Å²) in [6.45, 7) is 2.05. The van der Waals surface area contributed by atoms with Crippen LogP contribution >= 0.6 is 34.5 Å². The molecule has 0 bridgehead atoms. The number of carbonyl (C=O) groups excluding carboxylic acids is 1. The lowest BCUT2D eigenvalue weighted by Crippen LogP contribution is -2.15. The zero-order valence-corrected chi connectivity index (χ0v) is 16.7. The Bertz CT molecular complexity index is 1130. The number of halogens is 2. The van der Waals surface area contributed by atoms with Gasteiger partial charge in [-0.25, -0.2) is 4.98 Å². The Morgan fingerprint density at radius 3 is 2.70 bits per heavy atom. The molecule has 0 aliphatic rings. The van der Waals surface area contributed by atoms with Gasteiger partial charge >= 0.3 is 0 Å². The number of benzene rings is 2. The highest BCUT2D eigenvalue weighted by molar-refractivity contribution is 7.15. The van der Waals surface area contributed by atoms with E-state index in [0.717, 1.165) is 21.9 Å². The number of rotatable bonds is 4. The molecule has 7 heteroatoms. The molecular weight excluding hydrogens is 401 g/mol. The predicted octanol–water partition coefficient (Wildman–Crippen LogP) is 5.86. The molecule has 0 saturated heterocycles. The summed E-state index contributed by atoms with van der Waals surface area (Å²) in [6.07, 6.45) is 2.19. The van der Waals surface area contributed by atoms with Gasteiger partial charge in [0.2, 0.25) is 5.91 Å². The maximum absolute atomic E-state index is 12.4. The molecule has 4 nitrogen and oxygen atoms in total. The summed E-state index contributed by atoms with van der Waals surface area (Å²) < 4.78 is 1.96. The van der Waals surface area contributed by atoms with Gasteiger partial charge in [0.1, 0.15) is 0 Å². The molecule has 1 amide bonds. The van der Waals surface area contributed by atoms with Gasteiger partial charge in [-0.2, -0.15) is 0 Å². The molecule has 2 heterocycles. The van der Waals surface area contributed by atoms with Crippen molar-refractivity contribution in [3.8, 4) is 11.3 Å². The minimum atomic E-state index is -0.149. The zero-order chi connectivity index (χ0) is 19.0. The second kappa shape index (κ2) is 7.35. The second-order valence-electron chi connectivity index (χ2n) is 6.22. The first-order valence-corrected chi connectivity index (χ1v) is 9.90. The maximum Gasteiger partial charge on any atom is 0.230 e. The number of hydrogen-bond donors (Lipinski definition) is 1. The fourth-order valence-electron chi connectivity index (χ4n) is 2.77. The van der Waals surface area contributed by atoms with Crippen LogP contribution in [0, 0.1) is 6.92 Å². The van der Waals surface area contributed by atoms with Crippen LogP contribution in [0.1, 0.15) is 11.3 Å². The molecule has 4 aromatic rings. The summed E-state index contributed by atoms with van der Waals surface area (Å²) in [5.74, 6) is -0.149. The van der Waals surface area contributed by atoms with E-state index in [4.69, 9.17) is 23.2 Å². The second-order valence-corrected chi connectivity index (χ2v) is 7.90. The summed E-state index contributed by atoms with van der Waals surface area (Å²) in [4.78, 5) is 18.0. The quantitative estimate of drug-likeness (QED) is 0.453. The third-order valence-corrected chi connectivity index (χ3v) is 5.61. The number of carbonyl (C=O) groups is 1. The van der Waals surface area contributed by atoms with Gasteiger partial charge in [-0.3, -0.25) is 9.20 Å². The van der Waals surface area contributed by atoms with Crippen LogP contribution in [0.25, 0.3) is 16.2 Å². The Balaban J connectivity index is 1.55. The van der Waals surface area contributed by atoms with Crippen molar-refractivity contribution < 1.29 is 4.79 Å². The van der Waals surface area contributed by atoms with Crippen molar-refractivity contribution in [3.63, 3.8) is 0 Å². The molecule has 1 N–H and O–H groups in total. The molecule has 0 aliphatic heterocycles. The smallest absolute Gasteiger partial charge is 0.230 e. The van der Waals surface area contributed by atoms with Gasteiger partial charge in [0.25, 0.3) is 0 Å². The molecule has 136 valence electrons. The van der Waals surface area contributed by atoms with Crippen molar-refractivity contribution in [1.82, 2.24) is 9.38 Å². The Labute approximate surface area is 170 Å². The third kappa shape index (κ3) is 3.86. The largest absolute Gasteiger partial charge is 0.324 e. The lowest BCUT2D eigenvalue weighted by molar-refractivity contribution is -0.115. The Morgan fingerprint density at radius 2 is 1.96 bits per heavy atom. The molecule has 27 heavy (non-hydrogen) atoms. The molecule has 0 spiro atoms. The van der Waals surface area contributed by atoms with E-state index in [0.29, 0.717) is 15.7 Å². The molecule has 0 atom stereocenters. The van der Waals surface area contributed by atoms with Crippen molar-refractivity contribution in [1.29, 1.82) is 0 Å². The van der Waals surface area contributed by atoms with Crippen molar-refractivity contribution >= 4 is 51.1 Å². The standard InChI is InChI=1S/C20H15Cl2N3OS/c1-12-2-4-13(5-3-12)18-10-25-15(11-27-20(25)24-18)9-19(26)23-17-7-6-14(21)8-16(17)22/h2-8,10-11H,9H2,1H3,(H,23,26). The van der Waals surface area contributed by atoms with Crippen LogP contribution in [-0.4, -0.2) is 15.3 Å². The number of fused-ring (bicyclic) bond motifs is 1. The van der Waals surface area contributed by atoms with E-state index in [1.165, 1.54) is 16.9 Å². The van der Waals surface area contributed by atoms with Crippen LogP contribution in [0.5, 0.6) is 0 Å². The van der Waals surface area contributed by atoms with Crippen LogP contribution in [-0.2, 0) is 11.2 Å². The van der Waals surface area contributed by atoms with Crippen LogP contribution in [0.3, 0.4) is 0 Å². The number of hydrogen-bond acceptors (Lipinski definition) is 3. The number of nitrogens with zero attached hydrogens (tertiary/aromatic N) is 2. The molecule has 4 rings (SSSR count). The highest BCUT2D eigenvalue weighted by atomic mass is 35.5. The Kier molecular flexibility index (Phi) is 4.91. The third-order valence-electron chi connectivity index (χ3n) is 4.18. The Morgan fingerprint density at radius 1 is 1.19 bits per heavy atom. The van der Waals surface area contributed by atoms with Crippen molar-refractivity contribution in [2.24, 2.45) is 0 Å². The molecule has 0 radical (unpaired) electrons. The van der Waals surface area contributed by atoms with Crippen molar-refractivity contribution in [2.45, 2.75) is 13.3 Å². The molecule has 0 aliphatic carbocycles. The number of aromatic nitrogens is 2. The Hall–Kier alpha value is -2.34.